The fourth-order valence-electron chi connectivity index (χ4n) is 3.57. The van der Waals surface area contributed by atoms with Crippen molar-refractivity contribution in [3.63, 3.8) is 0 Å². The van der Waals surface area contributed by atoms with Crippen LogP contribution in [-0.4, -0.2) is 24.1 Å². The Balaban J connectivity index is 2.57. The van der Waals surface area contributed by atoms with Crippen molar-refractivity contribution in [2.24, 2.45) is 0 Å². The van der Waals surface area contributed by atoms with Crippen molar-refractivity contribution in [1.82, 2.24) is 4.90 Å². The van der Waals surface area contributed by atoms with Crippen molar-refractivity contribution in [3.8, 4) is 5.75 Å². The van der Waals surface area contributed by atoms with Gasteiger partial charge in [0.25, 0.3) is 0 Å². The topological polar surface area (TPSA) is 23.5 Å². The summed E-state index contributed by atoms with van der Waals surface area (Å²) in [5.41, 5.74) is 4.04. The summed E-state index contributed by atoms with van der Waals surface area (Å²) in [5.74, 6) is 0.211. The van der Waals surface area contributed by atoms with E-state index in [0.29, 0.717) is 20.9 Å². The van der Waals surface area contributed by atoms with E-state index >= 15 is 0 Å². The lowest BCUT2D eigenvalue weighted by atomic mass is 9.82. The third kappa shape index (κ3) is 5.13. The molecule has 0 aliphatic rings. The predicted molar refractivity (Wildman–Crippen MR) is 121 cm³/mol. The number of nitrogens with zero attached hydrogens (tertiary/aromatic N) is 1. The lowest BCUT2D eigenvalue weighted by Crippen LogP contribution is -2.24. The lowest BCUT2D eigenvalue weighted by Gasteiger charge is -2.33. The number of hydrogen-bond acceptors (Lipinski definition) is 2. The zero-order valence-corrected chi connectivity index (χ0v) is 19.6. The first kappa shape index (κ1) is 22.8. The van der Waals surface area contributed by atoms with Crippen molar-refractivity contribution >= 4 is 13.9 Å². The third-order valence-electron chi connectivity index (χ3n) is 5.33. The third-order valence-corrected chi connectivity index (χ3v) is 7.26. The van der Waals surface area contributed by atoms with E-state index in [4.69, 9.17) is 0 Å². The average Bonchev–Trinajstić information content (AvgIpc) is 2.57. The Morgan fingerprint density at radius 1 is 1.04 bits per heavy atom. The molecule has 2 nitrogen and oxygen atoms in total. The molecular formula is C24H35FNOP. The normalized spacial score (nSPS) is 14.8. The van der Waals surface area contributed by atoms with Crippen LogP contribution in [0.25, 0.3) is 0 Å². The van der Waals surface area contributed by atoms with Gasteiger partial charge < -0.3 is 10.0 Å². The summed E-state index contributed by atoms with van der Waals surface area (Å²) in [6, 6.07) is 9.32. The molecule has 4 heteroatoms. The number of hydrogen-bond donors (Lipinski definition) is 1. The molecule has 2 atom stereocenters. The van der Waals surface area contributed by atoms with Gasteiger partial charge in [-0.05, 0) is 61.4 Å². The van der Waals surface area contributed by atoms with Crippen LogP contribution >= 0.6 is 8.58 Å². The molecule has 0 bridgehead atoms. The van der Waals surface area contributed by atoms with Gasteiger partial charge in [-0.2, -0.15) is 0 Å². The van der Waals surface area contributed by atoms with Crippen molar-refractivity contribution in [2.75, 3.05) is 14.1 Å². The zero-order chi connectivity index (χ0) is 21.3. The van der Waals surface area contributed by atoms with Crippen molar-refractivity contribution < 1.29 is 9.50 Å². The largest absolute Gasteiger partial charge is 0.507 e. The Morgan fingerprint density at radius 2 is 1.64 bits per heavy atom. The lowest BCUT2D eigenvalue weighted by molar-refractivity contribution is 0.402. The molecule has 0 fully saturated rings. The van der Waals surface area contributed by atoms with E-state index in [0.717, 1.165) is 34.0 Å². The van der Waals surface area contributed by atoms with E-state index in [-0.39, 0.29) is 16.4 Å². The van der Waals surface area contributed by atoms with E-state index in [2.05, 4.69) is 58.6 Å². The van der Waals surface area contributed by atoms with E-state index in [9.17, 15) is 9.50 Å². The van der Waals surface area contributed by atoms with Gasteiger partial charge in [0.2, 0.25) is 0 Å². The highest BCUT2D eigenvalue weighted by Gasteiger charge is 2.32. The summed E-state index contributed by atoms with van der Waals surface area (Å²) in [6.45, 7) is 13.6. The van der Waals surface area contributed by atoms with Crippen LogP contribution in [0.4, 0.5) is 4.39 Å². The summed E-state index contributed by atoms with van der Waals surface area (Å²) in [6.07, 6.45) is 0.894. The first-order chi connectivity index (χ1) is 12.9. The molecule has 0 amide bonds. The SMILES string of the molecule is CCC(C)(Pc1ccc(F)cc1CN(C)C)c1cc(C)cc(C(C)(C)C)c1O. The van der Waals surface area contributed by atoms with Gasteiger partial charge in [-0.25, -0.2) is 4.39 Å². The van der Waals surface area contributed by atoms with Gasteiger partial charge in [-0.3, -0.25) is 0 Å². The number of aryl methyl sites for hydroxylation is 1. The average molecular weight is 404 g/mol. The second-order valence-corrected chi connectivity index (χ2v) is 11.2. The van der Waals surface area contributed by atoms with Gasteiger partial charge in [0.05, 0.1) is 0 Å². The van der Waals surface area contributed by atoms with Crippen LogP contribution in [-0.2, 0) is 17.1 Å². The molecule has 1 N–H and O–H groups in total. The smallest absolute Gasteiger partial charge is 0.123 e. The van der Waals surface area contributed by atoms with E-state index in [1.807, 2.05) is 20.2 Å². The van der Waals surface area contributed by atoms with Crippen LogP contribution in [0.15, 0.2) is 30.3 Å². The summed E-state index contributed by atoms with van der Waals surface area (Å²) >= 11 is 0. The maximum Gasteiger partial charge on any atom is 0.123 e. The minimum atomic E-state index is -0.213. The first-order valence-electron chi connectivity index (χ1n) is 9.93. The van der Waals surface area contributed by atoms with E-state index in [1.165, 1.54) is 0 Å². The van der Waals surface area contributed by atoms with Crippen LogP contribution in [0.3, 0.4) is 0 Å². The van der Waals surface area contributed by atoms with E-state index in [1.54, 1.807) is 12.1 Å². The Hall–Kier alpha value is -1.44. The molecule has 0 heterocycles. The number of phenolic OH excluding ortho intramolecular Hbond substituents is 1. The Labute approximate surface area is 172 Å². The second kappa shape index (κ2) is 8.51. The molecule has 0 aromatic heterocycles. The second-order valence-electron chi connectivity index (χ2n) is 9.31. The highest BCUT2D eigenvalue weighted by Crippen LogP contribution is 2.50. The Bertz CT molecular complexity index is 841. The molecule has 0 spiro atoms. The zero-order valence-electron chi connectivity index (χ0n) is 18.6. The highest BCUT2D eigenvalue weighted by atomic mass is 31.1. The summed E-state index contributed by atoms with van der Waals surface area (Å²) in [5, 5.41) is 12.1. The monoisotopic (exact) mass is 403 g/mol. The van der Waals surface area contributed by atoms with Crippen molar-refractivity contribution in [3.05, 3.63) is 58.4 Å². The minimum Gasteiger partial charge on any atom is -0.507 e. The first-order valence-corrected chi connectivity index (χ1v) is 10.9. The van der Waals surface area contributed by atoms with Gasteiger partial charge in [0.1, 0.15) is 11.6 Å². The van der Waals surface area contributed by atoms with Crippen molar-refractivity contribution in [2.45, 2.75) is 65.1 Å². The van der Waals surface area contributed by atoms with Gasteiger partial charge in [-0.1, -0.05) is 67.0 Å². The number of halogens is 1. The van der Waals surface area contributed by atoms with Crippen LogP contribution in [0.5, 0.6) is 5.75 Å². The van der Waals surface area contributed by atoms with Crippen LogP contribution in [0, 0.1) is 12.7 Å². The Kier molecular flexibility index (Phi) is 6.94. The number of aromatic hydroxyl groups is 1. The molecule has 2 aromatic rings. The van der Waals surface area contributed by atoms with Crippen molar-refractivity contribution in [1.29, 1.82) is 0 Å². The van der Waals surface area contributed by atoms with Gasteiger partial charge in [0, 0.05) is 17.3 Å². The fraction of sp³-hybridized carbons (Fsp3) is 0.500. The quantitative estimate of drug-likeness (QED) is 0.614. The maximum absolute atomic E-state index is 13.9. The van der Waals surface area contributed by atoms with Gasteiger partial charge in [0.15, 0.2) is 0 Å². The molecule has 2 rings (SSSR count). The number of phenols is 1. The molecule has 28 heavy (non-hydrogen) atoms. The highest BCUT2D eigenvalue weighted by molar-refractivity contribution is 7.48. The van der Waals surface area contributed by atoms with Gasteiger partial charge >= 0.3 is 0 Å². The Morgan fingerprint density at radius 3 is 2.18 bits per heavy atom. The molecule has 0 radical (unpaired) electrons. The molecule has 0 saturated heterocycles. The molecule has 0 saturated carbocycles. The molecule has 0 aliphatic carbocycles. The van der Waals surface area contributed by atoms with Gasteiger partial charge in [-0.15, -0.1) is 0 Å². The molecule has 2 unspecified atom stereocenters. The number of benzene rings is 2. The summed E-state index contributed by atoms with van der Waals surface area (Å²) in [7, 11) is 4.44. The molecule has 2 aromatic carbocycles. The number of rotatable bonds is 6. The molecule has 154 valence electrons. The van der Waals surface area contributed by atoms with Crippen LogP contribution < -0.4 is 5.30 Å². The predicted octanol–water partition coefficient (Wildman–Crippen LogP) is 5.83. The van der Waals surface area contributed by atoms with Crippen LogP contribution in [0.2, 0.25) is 0 Å². The molecular weight excluding hydrogens is 368 g/mol. The van der Waals surface area contributed by atoms with Crippen LogP contribution in [0.1, 0.15) is 63.3 Å². The minimum absolute atomic E-state index is 0.130. The molecule has 0 aliphatic heterocycles. The van der Waals surface area contributed by atoms with E-state index < -0.39 is 0 Å². The fourth-order valence-corrected chi connectivity index (χ4v) is 5.15. The summed E-state index contributed by atoms with van der Waals surface area (Å²) < 4.78 is 13.9. The maximum atomic E-state index is 13.9. The summed E-state index contributed by atoms with van der Waals surface area (Å²) in [4.78, 5) is 2.06. The standard InChI is InChI=1S/C24H35FNOP/c1-9-24(6,20-13-16(2)12-19(22(20)27)23(3,4)5)28-21-11-10-18(25)14-17(21)15-26(7)8/h10-14,27-28H,9,15H2,1-8H3.